The van der Waals surface area contributed by atoms with Crippen molar-refractivity contribution < 1.29 is 9.59 Å². The summed E-state index contributed by atoms with van der Waals surface area (Å²) in [6.07, 6.45) is 2.97. The number of hydrogen-bond acceptors (Lipinski definition) is 3. The van der Waals surface area contributed by atoms with Crippen LogP contribution in [0.3, 0.4) is 0 Å². The number of rotatable bonds is 3. The van der Waals surface area contributed by atoms with E-state index in [1.54, 1.807) is 0 Å². The van der Waals surface area contributed by atoms with Gasteiger partial charge in [-0.15, -0.1) is 0 Å². The zero-order chi connectivity index (χ0) is 9.47. The van der Waals surface area contributed by atoms with E-state index < -0.39 is 11.6 Å². The highest BCUT2D eigenvalue weighted by Gasteiger charge is 2.47. The van der Waals surface area contributed by atoms with Crippen LogP contribution >= 0.6 is 0 Å². The smallest absolute Gasteiger partial charge is 0.322 e. The molecule has 2 fully saturated rings. The number of hydrogen-bond donors (Lipinski definition) is 3. The van der Waals surface area contributed by atoms with Gasteiger partial charge >= 0.3 is 6.03 Å². The number of urea groups is 1. The van der Waals surface area contributed by atoms with Gasteiger partial charge in [0.2, 0.25) is 0 Å². The zero-order valence-corrected chi connectivity index (χ0v) is 7.30. The van der Waals surface area contributed by atoms with Gasteiger partial charge in [-0.3, -0.25) is 10.1 Å². The molecule has 0 aromatic carbocycles. The van der Waals surface area contributed by atoms with E-state index in [0.29, 0.717) is 12.3 Å². The first-order valence-corrected chi connectivity index (χ1v) is 4.50. The molecule has 1 heterocycles. The van der Waals surface area contributed by atoms with Crippen molar-refractivity contribution in [1.82, 2.24) is 10.6 Å². The lowest BCUT2D eigenvalue weighted by Crippen LogP contribution is -2.53. The van der Waals surface area contributed by atoms with Crippen LogP contribution in [0.5, 0.6) is 0 Å². The number of carbonyl (C=O) groups excluding carboxylic acids is 2. The van der Waals surface area contributed by atoms with Gasteiger partial charge in [0.05, 0.1) is 0 Å². The van der Waals surface area contributed by atoms with E-state index in [9.17, 15) is 9.59 Å². The quantitative estimate of drug-likeness (QED) is 0.507. The number of imide groups is 1. The first-order chi connectivity index (χ1) is 6.16. The molecule has 2 aliphatic rings. The molecule has 0 aromatic rings. The number of amides is 3. The molecule has 5 nitrogen and oxygen atoms in total. The lowest BCUT2D eigenvalue weighted by molar-refractivity contribution is -0.124. The average molecular weight is 183 g/mol. The lowest BCUT2D eigenvalue weighted by atomic mass is 9.93. The number of nitrogens with one attached hydrogen (secondary N) is 2. The van der Waals surface area contributed by atoms with Gasteiger partial charge in [-0.05, 0) is 12.3 Å². The average Bonchev–Trinajstić information content (AvgIpc) is 2.81. The second kappa shape index (κ2) is 2.70. The summed E-state index contributed by atoms with van der Waals surface area (Å²) in [5.41, 5.74) is 4.70. The van der Waals surface area contributed by atoms with Crippen LogP contribution in [0.2, 0.25) is 0 Å². The molecule has 0 radical (unpaired) electrons. The fraction of sp³-hybridized carbons (Fsp3) is 0.750. The minimum absolute atomic E-state index is 0.182. The monoisotopic (exact) mass is 183 g/mol. The topological polar surface area (TPSA) is 84.2 Å². The molecule has 5 heteroatoms. The Bertz CT molecular complexity index is 262. The Kier molecular flexibility index (Phi) is 1.76. The summed E-state index contributed by atoms with van der Waals surface area (Å²) in [6, 6.07) is -0.420. The minimum Gasteiger partial charge on any atom is -0.328 e. The number of nitrogens with two attached hydrogens (primary N) is 1. The molecule has 1 unspecified atom stereocenters. The van der Waals surface area contributed by atoms with Gasteiger partial charge in [-0.2, -0.15) is 0 Å². The van der Waals surface area contributed by atoms with Crippen molar-refractivity contribution in [3.05, 3.63) is 0 Å². The summed E-state index contributed by atoms with van der Waals surface area (Å²) in [5, 5.41) is 4.84. The van der Waals surface area contributed by atoms with Crippen molar-refractivity contribution in [3.63, 3.8) is 0 Å². The first kappa shape index (κ1) is 8.50. The third-order valence-electron chi connectivity index (χ3n) is 2.70. The SMILES string of the molecule is NCC1(CC2CC2)NC(=O)NC1=O. The fourth-order valence-corrected chi connectivity index (χ4v) is 1.71. The van der Waals surface area contributed by atoms with Gasteiger partial charge in [-0.25, -0.2) is 4.79 Å². The molecule has 2 rings (SSSR count). The minimum atomic E-state index is -0.821. The Hall–Kier alpha value is -1.10. The Balaban J connectivity index is 2.12. The maximum Gasteiger partial charge on any atom is 0.322 e. The molecular formula is C8H13N3O2. The summed E-state index contributed by atoms with van der Waals surface area (Å²) in [7, 11) is 0. The van der Waals surface area contributed by atoms with E-state index in [1.165, 1.54) is 0 Å². The standard InChI is InChI=1S/C8H13N3O2/c9-4-8(3-5-1-2-5)6(12)10-7(13)11-8/h5H,1-4,9H2,(H2,10,11,12,13). The summed E-state index contributed by atoms with van der Waals surface area (Å²) in [4.78, 5) is 22.4. The zero-order valence-electron chi connectivity index (χ0n) is 7.30. The fourth-order valence-electron chi connectivity index (χ4n) is 1.71. The van der Waals surface area contributed by atoms with Crippen LogP contribution in [-0.2, 0) is 4.79 Å². The van der Waals surface area contributed by atoms with Crippen LogP contribution in [0.25, 0.3) is 0 Å². The van der Waals surface area contributed by atoms with Gasteiger partial charge < -0.3 is 11.1 Å². The Labute approximate surface area is 76.0 Å². The summed E-state index contributed by atoms with van der Waals surface area (Å²) in [6.45, 7) is 0.182. The second-order valence-electron chi connectivity index (χ2n) is 3.84. The molecule has 0 aromatic heterocycles. The lowest BCUT2D eigenvalue weighted by Gasteiger charge is -2.23. The van der Waals surface area contributed by atoms with Gasteiger partial charge in [0.25, 0.3) is 5.91 Å². The molecule has 1 atom stereocenters. The van der Waals surface area contributed by atoms with E-state index in [0.717, 1.165) is 12.8 Å². The largest absolute Gasteiger partial charge is 0.328 e. The van der Waals surface area contributed by atoms with Gasteiger partial charge in [-0.1, -0.05) is 12.8 Å². The second-order valence-corrected chi connectivity index (χ2v) is 3.84. The molecular weight excluding hydrogens is 170 g/mol. The molecule has 0 bridgehead atoms. The van der Waals surface area contributed by atoms with Crippen molar-refractivity contribution in [2.45, 2.75) is 24.8 Å². The molecule has 1 aliphatic carbocycles. The van der Waals surface area contributed by atoms with Gasteiger partial charge in [0.15, 0.2) is 0 Å². The molecule has 72 valence electrons. The number of carbonyl (C=O) groups is 2. The Morgan fingerprint density at radius 1 is 1.46 bits per heavy atom. The van der Waals surface area contributed by atoms with E-state index >= 15 is 0 Å². The maximum absolute atomic E-state index is 11.4. The van der Waals surface area contributed by atoms with Crippen LogP contribution in [0, 0.1) is 5.92 Å². The molecule has 13 heavy (non-hydrogen) atoms. The third kappa shape index (κ3) is 1.39. The van der Waals surface area contributed by atoms with Crippen molar-refractivity contribution in [2.24, 2.45) is 11.7 Å². The van der Waals surface area contributed by atoms with Crippen molar-refractivity contribution in [3.8, 4) is 0 Å². The van der Waals surface area contributed by atoms with Crippen molar-refractivity contribution in [1.29, 1.82) is 0 Å². The van der Waals surface area contributed by atoms with Gasteiger partial charge in [0, 0.05) is 6.54 Å². The molecule has 1 saturated carbocycles. The van der Waals surface area contributed by atoms with Crippen LogP contribution in [-0.4, -0.2) is 24.0 Å². The van der Waals surface area contributed by atoms with E-state index in [2.05, 4.69) is 10.6 Å². The van der Waals surface area contributed by atoms with Gasteiger partial charge in [0.1, 0.15) is 5.54 Å². The highest BCUT2D eigenvalue weighted by atomic mass is 16.2. The molecule has 0 spiro atoms. The highest BCUT2D eigenvalue weighted by Crippen LogP contribution is 2.37. The molecule has 1 saturated heterocycles. The third-order valence-corrected chi connectivity index (χ3v) is 2.70. The van der Waals surface area contributed by atoms with Crippen molar-refractivity contribution >= 4 is 11.9 Å². The highest BCUT2D eigenvalue weighted by molar-refractivity contribution is 6.07. The summed E-state index contributed by atoms with van der Waals surface area (Å²) >= 11 is 0. The predicted octanol–water partition coefficient (Wildman–Crippen LogP) is -0.677. The van der Waals surface area contributed by atoms with Crippen LogP contribution in [0.1, 0.15) is 19.3 Å². The van der Waals surface area contributed by atoms with E-state index in [1.807, 2.05) is 0 Å². The van der Waals surface area contributed by atoms with Crippen LogP contribution in [0.15, 0.2) is 0 Å². The van der Waals surface area contributed by atoms with Crippen LogP contribution in [0.4, 0.5) is 4.79 Å². The maximum atomic E-state index is 11.4. The molecule has 1 aliphatic heterocycles. The van der Waals surface area contributed by atoms with E-state index in [-0.39, 0.29) is 12.5 Å². The first-order valence-electron chi connectivity index (χ1n) is 4.50. The predicted molar refractivity (Wildman–Crippen MR) is 45.8 cm³/mol. The summed E-state index contributed by atoms with van der Waals surface area (Å²) in [5.74, 6) is 0.291. The van der Waals surface area contributed by atoms with Crippen LogP contribution < -0.4 is 16.4 Å². The Morgan fingerprint density at radius 2 is 2.15 bits per heavy atom. The molecule has 3 amide bonds. The van der Waals surface area contributed by atoms with Crippen molar-refractivity contribution in [2.75, 3.05) is 6.54 Å². The van der Waals surface area contributed by atoms with E-state index in [4.69, 9.17) is 5.73 Å². The normalized spacial score (nSPS) is 33.0. The summed E-state index contributed by atoms with van der Waals surface area (Å²) < 4.78 is 0. The Morgan fingerprint density at radius 3 is 2.54 bits per heavy atom. The molecule has 4 N–H and O–H groups in total.